The standard InChI is InChI=1S/C31H29ClN8O3/c1-19-24(15-21(32)16-33-19)29(41)36-22-10-8-20(9-11-22)18-39-26-5-2-3-6-27(26)40(31(39)43)23-12-13-25(34-17-23)30(42)37-28-7-4-14-35-38-28/h2-7,12-17,20,22H,8-11,18H2,1H3,(H,36,41)(H,37,38,42). The highest BCUT2D eigenvalue weighted by molar-refractivity contribution is 6.30. The predicted octanol–water partition coefficient (Wildman–Crippen LogP) is 4.58. The summed E-state index contributed by atoms with van der Waals surface area (Å²) in [6.07, 6.45) is 7.96. The number of nitrogens with zero attached hydrogens (tertiary/aromatic N) is 6. The number of imidazole rings is 1. The summed E-state index contributed by atoms with van der Waals surface area (Å²) in [6, 6.07) is 15.9. The minimum atomic E-state index is -0.423. The van der Waals surface area contributed by atoms with Crippen molar-refractivity contribution in [3.63, 3.8) is 0 Å². The summed E-state index contributed by atoms with van der Waals surface area (Å²) in [4.78, 5) is 47.7. The zero-order valence-corrected chi connectivity index (χ0v) is 24.2. The van der Waals surface area contributed by atoms with E-state index < -0.39 is 5.91 Å². The van der Waals surface area contributed by atoms with Gasteiger partial charge in [0.15, 0.2) is 5.82 Å². The van der Waals surface area contributed by atoms with Crippen molar-refractivity contribution in [2.45, 2.75) is 45.2 Å². The maximum atomic E-state index is 13.8. The molecule has 4 aromatic heterocycles. The molecular weight excluding hydrogens is 568 g/mol. The van der Waals surface area contributed by atoms with Crippen molar-refractivity contribution in [3.05, 3.63) is 106 Å². The van der Waals surface area contributed by atoms with Gasteiger partial charge in [-0.1, -0.05) is 23.7 Å². The van der Waals surface area contributed by atoms with E-state index in [2.05, 4.69) is 30.8 Å². The molecule has 2 amide bonds. The van der Waals surface area contributed by atoms with E-state index in [0.29, 0.717) is 34.3 Å². The molecule has 1 saturated carbocycles. The quantitative estimate of drug-likeness (QED) is 0.281. The van der Waals surface area contributed by atoms with Crippen molar-refractivity contribution in [1.29, 1.82) is 0 Å². The van der Waals surface area contributed by atoms with Gasteiger partial charge < -0.3 is 10.6 Å². The summed E-state index contributed by atoms with van der Waals surface area (Å²) in [5, 5.41) is 13.8. The van der Waals surface area contributed by atoms with Crippen molar-refractivity contribution < 1.29 is 9.59 Å². The number of para-hydroxylation sites is 2. The van der Waals surface area contributed by atoms with Crippen LogP contribution in [0.2, 0.25) is 5.02 Å². The maximum Gasteiger partial charge on any atom is 0.333 e. The van der Waals surface area contributed by atoms with Gasteiger partial charge in [0.25, 0.3) is 11.8 Å². The van der Waals surface area contributed by atoms with Crippen LogP contribution in [0.4, 0.5) is 5.82 Å². The summed E-state index contributed by atoms with van der Waals surface area (Å²) in [6.45, 7) is 2.36. The van der Waals surface area contributed by atoms with Gasteiger partial charge in [-0.2, -0.15) is 5.10 Å². The fourth-order valence-corrected chi connectivity index (χ4v) is 5.74. The van der Waals surface area contributed by atoms with E-state index in [1.54, 1.807) is 41.8 Å². The SMILES string of the molecule is Cc1ncc(Cl)cc1C(=O)NC1CCC(Cn2c(=O)n(-c3ccc(C(=O)Nc4cccnn4)nc3)c3ccccc32)CC1. The number of amides is 2. The average Bonchev–Trinajstić information content (AvgIpc) is 3.30. The molecule has 0 spiro atoms. The van der Waals surface area contributed by atoms with Crippen LogP contribution in [0, 0.1) is 12.8 Å². The van der Waals surface area contributed by atoms with E-state index in [0.717, 1.165) is 36.7 Å². The van der Waals surface area contributed by atoms with Crippen molar-refractivity contribution >= 4 is 40.3 Å². The third-order valence-corrected chi connectivity index (χ3v) is 8.02. The Morgan fingerprint density at radius 3 is 2.47 bits per heavy atom. The second-order valence-electron chi connectivity index (χ2n) is 10.7. The van der Waals surface area contributed by atoms with Crippen LogP contribution in [0.1, 0.15) is 52.2 Å². The molecule has 0 aliphatic heterocycles. The number of rotatable bonds is 7. The molecule has 1 aliphatic carbocycles. The number of carbonyl (C=O) groups is 2. The molecule has 0 atom stereocenters. The Hall–Kier alpha value is -4.90. The Bertz CT molecular complexity index is 1850. The van der Waals surface area contributed by atoms with E-state index >= 15 is 0 Å². The molecule has 2 N–H and O–H groups in total. The number of carbonyl (C=O) groups excluding carboxylic acids is 2. The molecule has 1 aromatic carbocycles. The number of pyridine rings is 2. The topological polar surface area (TPSA) is 137 Å². The smallest absolute Gasteiger partial charge is 0.333 e. The highest BCUT2D eigenvalue weighted by Gasteiger charge is 2.26. The van der Waals surface area contributed by atoms with Crippen molar-refractivity contribution in [1.82, 2.24) is 34.6 Å². The summed E-state index contributed by atoms with van der Waals surface area (Å²) < 4.78 is 3.44. The molecule has 0 unspecified atom stereocenters. The maximum absolute atomic E-state index is 13.8. The Morgan fingerprint density at radius 2 is 1.74 bits per heavy atom. The lowest BCUT2D eigenvalue weighted by Gasteiger charge is -2.29. The average molecular weight is 597 g/mol. The zero-order valence-electron chi connectivity index (χ0n) is 23.4. The second-order valence-corrected chi connectivity index (χ2v) is 11.1. The molecule has 0 saturated heterocycles. The molecule has 12 heteroatoms. The zero-order chi connectivity index (χ0) is 29.9. The molecule has 6 rings (SSSR count). The molecular formula is C31H29ClN8O3. The number of anilines is 1. The van der Waals surface area contributed by atoms with Crippen LogP contribution < -0.4 is 16.3 Å². The van der Waals surface area contributed by atoms with E-state index in [4.69, 9.17) is 11.6 Å². The van der Waals surface area contributed by atoms with Crippen LogP contribution in [0.3, 0.4) is 0 Å². The van der Waals surface area contributed by atoms with Gasteiger partial charge in [0.2, 0.25) is 0 Å². The number of aryl methyl sites for hydroxylation is 1. The first kappa shape index (κ1) is 28.2. The molecule has 1 fully saturated rings. The van der Waals surface area contributed by atoms with Gasteiger partial charge in [-0.25, -0.2) is 9.78 Å². The van der Waals surface area contributed by atoms with Crippen molar-refractivity contribution in [3.8, 4) is 5.69 Å². The first-order valence-electron chi connectivity index (χ1n) is 14.1. The fraction of sp³-hybridized carbons (Fsp3) is 0.258. The lowest BCUT2D eigenvalue weighted by molar-refractivity contribution is 0.0918. The predicted molar refractivity (Wildman–Crippen MR) is 163 cm³/mol. The number of hydrogen-bond acceptors (Lipinski definition) is 7. The Morgan fingerprint density at radius 1 is 0.953 bits per heavy atom. The fourth-order valence-electron chi connectivity index (χ4n) is 5.58. The number of hydrogen-bond donors (Lipinski definition) is 2. The molecule has 0 radical (unpaired) electrons. The van der Waals surface area contributed by atoms with Gasteiger partial charge in [-0.15, -0.1) is 5.10 Å². The van der Waals surface area contributed by atoms with Gasteiger partial charge in [0.1, 0.15) is 5.69 Å². The third kappa shape index (κ3) is 6.02. The number of aromatic nitrogens is 6. The van der Waals surface area contributed by atoms with Crippen molar-refractivity contribution in [2.24, 2.45) is 5.92 Å². The lowest BCUT2D eigenvalue weighted by Crippen LogP contribution is -2.39. The molecule has 0 bridgehead atoms. The lowest BCUT2D eigenvalue weighted by atomic mass is 9.85. The van der Waals surface area contributed by atoms with Crippen LogP contribution in [0.25, 0.3) is 16.7 Å². The summed E-state index contributed by atoms with van der Waals surface area (Å²) in [5.74, 6) is 0.0154. The molecule has 1 aliphatic rings. The second kappa shape index (κ2) is 12.1. The summed E-state index contributed by atoms with van der Waals surface area (Å²) in [7, 11) is 0. The van der Waals surface area contributed by atoms with Gasteiger partial charge in [-0.3, -0.25) is 23.7 Å². The number of fused-ring (bicyclic) bond motifs is 1. The molecule has 218 valence electrons. The normalized spacial score (nSPS) is 16.6. The van der Waals surface area contributed by atoms with E-state index in [1.165, 1.54) is 18.6 Å². The largest absolute Gasteiger partial charge is 0.349 e. The minimum absolute atomic E-state index is 0.0518. The Labute approximate surface area is 252 Å². The van der Waals surface area contributed by atoms with Gasteiger partial charge >= 0.3 is 5.69 Å². The Kier molecular flexibility index (Phi) is 7.97. The monoisotopic (exact) mass is 596 g/mol. The van der Waals surface area contributed by atoms with Crippen LogP contribution in [0.15, 0.2) is 78.0 Å². The number of halogens is 1. The summed E-state index contributed by atoms with van der Waals surface area (Å²) in [5.41, 5.74) is 3.31. The molecule has 5 aromatic rings. The van der Waals surface area contributed by atoms with Gasteiger partial charge in [-0.05, 0) is 81.0 Å². The van der Waals surface area contributed by atoms with Crippen LogP contribution >= 0.6 is 11.6 Å². The van der Waals surface area contributed by atoms with Crippen LogP contribution in [-0.2, 0) is 6.54 Å². The van der Waals surface area contributed by atoms with Crippen molar-refractivity contribution in [2.75, 3.05) is 5.32 Å². The van der Waals surface area contributed by atoms with E-state index in [-0.39, 0.29) is 29.3 Å². The van der Waals surface area contributed by atoms with Gasteiger partial charge in [0, 0.05) is 25.0 Å². The molecule has 4 heterocycles. The van der Waals surface area contributed by atoms with E-state index in [1.807, 2.05) is 28.8 Å². The minimum Gasteiger partial charge on any atom is -0.349 e. The van der Waals surface area contributed by atoms with Crippen LogP contribution in [0.5, 0.6) is 0 Å². The number of benzene rings is 1. The highest BCUT2D eigenvalue weighted by atomic mass is 35.5. The highest BCUT2D eigenvalue weighted by Crippen LogP contribution is 2.28. The van der Waals surface area contributed by atoms with Crippen LogP contribution in [-0.4, -0.2) is 47.2 Å². The third-order valence-electron chi connectivity index (χ3n) is 7.81. The summed E-state index contributed by atoms with van der Waals surface area (Å²) >= 11 is 6.05. The Balaban J connectivity index is 1.15. The number of nitrogens with one attached hydrogen (secondary N) is 2. The van der Waals surface area contributed by atoms with Gasteiger partial charge in [0.05, 0.1) is 39.2 Å². The molecule has 11 nitrogen and oxygen atoms in total. The first-order valence-corrected chi connectivity index (χ1v) is 14.4. The molecule has 43 heavy (non-hydrogen) atoms. The first-order chi connectivity index (χ1) is 20.9. The van der Waals surface area contributed by atoms with E-state index in [9.17, 15) is 14.4 Å².